The molecule has 11 heavy (non-hydrogen) atoms. The first-order chi connectivity index (χ1) is 5.27. The number of rotatable bonds is 0. The maximum atomic E-state index is 10.7. The van der Waals surface area contributed by atoms with E-state index in [0.717, 1.165) is 10.6 Å². The van der Waals surface area contributed by atoms with Crippen LogP contribution in [0.4, 0.5) is 0 Å². The lowest BCUT2D eigenvalue weighted by atomic mass is 10.6. The van der Waals surface area contributed by atoms with Gasteiger partial charge in [-0.2, -0.15) is 0 Å². The summed E-state index contributed by atoms with van der Waals surface area (Å²) in [4.78, 5) is 13.0. The predicted octanol–water partition coefficient (Wildman–Crippen LogP) is -1.48. The smallest absolute Gasteiger partial charge is 0.257 e. The number of nitrogens with one attached hydrogen (secondary N) is 1. The number of tetrazole rings is 1. The first-order valence-corrected chi connectivity index (χ1v) is 2.78. The normalized spacial score (nSPS) is 10.5. The van der Waals surface area contributed by atoms with Gasteiger partial charge >= 0.3 is 0 Å². The summed E-state index contributed by atoms with van der Waals surface area (Å²) < 4.78 is 1.02. The number of aromatic amines is 1. The monoisotopic (exact) mass is 153 g/mol. The van der Waals surface area contributed by atoms with Crippen molar-refractivity contribution in [2.24, 2.45) is 0 Å². The summed E-state index contributed by atoms with van der Waals surface area (Å²) in [6.45, 7) is 0. The molecule has 56 valence electrons. The Bertz CT molecular complexity index is 443. The van der Waals surface area contributed by atoms with Crippen molar-refractivity contribution in [3.8, 4) is 5.88 Å². The Kier molecular flexibility index (Phi) is 0.945. The Morgan fingerprint density at radius 1 is 1.64 bits per heavy atom. The second-order valence-corrected chi connectivity index (χ2v) is 1.91. The molecule has 2 N–H and O–H groups in total. The zero-order chi connectivity index (χ0) is 7.84. The van der Waals surface area contributed by atoms with Crippen LogP contribution in [0, 0.1) is 0 Å². The summed E-state index contributed by atoms with van der Waals surface area (Å²) in [6, 6.07) is 0.989. The summed E-state index contributed by atoms with van der Waals surface area (Å²) in [6.07, 6.45) is 0. The van der Waals surface area contributed by atoms with Gasteiger partial charge in [0.25, 0.3) is 11.3 Å². The molecule has 0 amide bonds. The number of fused-ring (bicyclic) bond motifs is 1. The highest BCUT2D eigenvalue weighted by Crippen LogP contribution is 2.00. The Balaban J connectivity index is 3.02. The van der Waals surface area contributed by atoms with Crippen LogP contribution in [0.1, 0.15) is 0 Å². The molecule has 0 aromatic carbocycles. The van der Waals surface area contributed by atoms with Gasteiger partial charge in [0.15, 0.2) is 0 Å². The predicted molar refractivity (Wildman–Crippen MR) is 33.1 cm³/mol. The molecule has 7 nitrogen and oxygen atoms in total. The van der Waals surface area contributed by atoms with Crippen molar-refractivity contribution in [3.63, 3.8) is 0 Å². The fraction of sp³-hybridized carbons (Fsp3) is 0. The first-order valence-electron chi connectivity index (χ1n) is 2.78. The molecule has 0 saturated heterocycles. The molecule has 0 aliphatic carbocycles. The highest BCUT2D eigenvalue weighted by atomic mass is 16.3. The van der Waals surface area contributed by atoms with E-state index in [-0.39, 0.29) is 11.7 Å². The van der Waals surface area contributed by atoms with Crippen LogP contribution in [0.15, 0.2) is 10.9 Å². The van der Waals surface area contributed by atoms with Crippen LogP contribution in [0.25, 0.3) is 5.78 Å². The van der Waals surface area contributed by atoms with E-state index >= 15 is 0 Å². The third kappa shape index (κ3) is 0.741. The second-order valence-electron chi connectivity index (χ2n) is 1.91. The van der Waals surface area contributed by atoms with Gasteiger partial charge < -0.3 is 5.11 Å². The van der Waals surface area contributed by atoms with Crippen molar-refractivity contribution in [2.75, 3.05) is 0 Å². The van der Waals surface area contributed by atoms with E-state index in [1.807, 2.05) is 0 Å². The van der Waals surface area contributed by atoms with Gasteiger partial charge in [0.2, 0.25) is 5.88 Å². The molecule has 0 spiro atoms. The summed E-state index contributed by atoms with van der Waals surface area (Å²) in [5, 5.41) is 19.1. The van der Waals surface area contributed by atoms with Gasteiger partial charge in [-0.1, -0.05) is 5.10 Å². The van der Waals surface area contributed by atoms with Gasteiger partial charge in [-0.3, -0.25) is 9.78 Å². The van der Waals surface area contributed by atoms with Gasteiger partial charge in [0.05, 0.1) is 6.07 Å². The van der Waals surface area contributed by atoms with Gasteiger partial charge in [0.1, 0.15) is 0 Å². The van der Waals surface area contributed by atoms with E-state index in [4.69, 9.17) is 5.11 Å². The fourth-order valence-electron chi connectivity index (χ4n) is 0.744. The van der Waals surface area contributed by atoms with Crippen LogP contribution in [0.2, 0.25) is 0 Å². The van der Waals surface area contributed by atoms with Crippen LogP contribution in [0.5, 0.6) is 5.88 Å². The molecule has 2 aromatic rings. The van der Waals surface area contributed by atoms with Gasteiger partial charge in [-0.15, -0.1) is 4.52 Å². The molecule has 0 aliphatic heterocycles. The molecule has 2 rings (SSSR count). The van der Waals surface area contributed by atoms with Crippen LogP contribution in [-0.2, 0) is 0 Å². The van der Waals surface area contributed by atoms with Gasteiger partial charge in [-0.25, -0.2) is 0 Å². The standard InChI is InChI=1S/C4H3N5O2/c10-2-1-3(11)9-4(5-2)6-7-8-9/h1,11H,(H,5,6,8,10). The number of hydrogen-bond acceptors (Lipinski definition) is 5. The SMILES string of the molecule is O=c1cc(O)n2nnnc2[nH]1. The summed E-state index contributed by atoms with van der Waals surface area (Å²) in [5.74, 6) is -0.163. The zero-order valence-corrected chi connectivity index (χ0v) is 5.22. The summed E-state index contributed by atoms with van der Waals surface area (Å²) >= 11 is 0. The molecule has 0 atom stereocenters. The van der Waals surface area contributed by atoms with Crippen molar-refractivity contribution in [2.45, 2.75) is 0 Å². The number of aromatic hydroxyl groups is 1. The van der Waals surface area contributed by atoms with Crippen molar-refractivity contribution in [3.05, 3.63) is 16.4 Å². The minimum Gasteiger partial charge on any atom is -0.493 e. The van der Waals surface area contributed by atoms with E-state index in [1.165, 1.54) is 0 Å². The largest absolute Gasteiger partial charge is 0.493 e. The molecule has 7 heteroatoms. The van der Waals surface area contributed by atoms with Gasteiger partial charge in [-0.05, 0) is 10.4 Å². The minimum atomic E-state index is -0.440. The Morgan fingerprint density at radius 3 is 3.27 bits per heavy atom. The highest BCUT2D eigenvalue weighted by molar-refractivity contribution is 5.26. The number of aromatic nitrogens is 5. The van der Waals surface area contributed by atoms with Crippen LogP contribution >= 0.6 is 0 Å². The van der Waals surface area contributed by atoms with E-state index in [0.29, 0.717) is 0 Å². The van der Waals surface area contributed by atoms with Crippen LogP contribution in [-0.4, -0.2) is 30.1 Å². The van der Waals surface area contributed by atoms with E-state index in [2.05, 4.69) is 20.5 Å². The summed E-state index contributed by atoms with van der Waals surface area (Å²) in [5.41, 5.74) is -0.440. The third-order valence-corrected chi connectivity index (χ3v) is 1.18. The molecule has 0 unspecified atom stereocenters. The first kappa shape index (κ1) is 5.83. The fourth-order valence-corrected chi connectivity index (χ4v) is 0.744. The highest BCUT2D eigenvalue weighted by Gasteiger charge is 2.01. The molecule has 0 aliphatic rings. The lowest BCUT2D eigenvalue weighted by Crippen LogP contribution is -2.07. The van der Waals surface area contributed by atoms with Crippen molar-refractivity contribution >= 4 is 5.78 Å². The van der Waals surface area contributed by atoms with Crippen molar-refractivity contribution < 1.29 is 5.11 Å². The Morgan fingerprint density at radius 2 is 2.45 bits per heavy atom. The Hall–Kier alpha value is -1.92. The third-order valence-electron chi connectivity index (χ3n) is 1.18. The molecule has 0 bridgehead atoms. The van der Waals surface area contributed by atoms with Crippen LogP contribution in [0.3, 0.4) is 0 Å². The lowest BCUT2D eigenvalue weighted by molar-refractivity contribution is 0.431. The molecule has 2 heterocycles. The number of H-pyrrole nitrogens is 1. The molecule has 0 radical (unpaired) electrons. The zero-order valence-electron chi connectivity index (χ0n) is 5.22. The van der Waals surface area contributed by atoms with E-state index in [9.17, 15) is 4.79 Å². The number of nitrogens with zero attached hydrogens (tertiary/aromatic N) is 4. The molecule has 0 fully saturated rings. The van der Waals surface area contributed by atoms with E-state index in [1.54, 1.807) is 0 Å². The van der Waals surface area contributed by atoms with Crippen molar-refractivity contribution in [1.82, 2.24) is 25.0 Å². The van der Waals surface area contributed by atoms with Gasteiger partial charge in [0, 0.05) is 0 Å². The topological polar surface area (TPSA) is 96.2 Å². The summed E-state index contributed by atoms with van der Waals surface area (Å²) in [7, 11) is 0. The second kappa shape index (κ2) is 1.78. The quantitative estimate of drug-likeness (QED) is 0.481. The maximum absolute atomic E-state index is 10.7. The lowest BCUT2D eigenvalue weighted by Gasteiger charge is -1.90. The average molecular weight is 153 g/mol. The molecular formula is C4H3N5O2. The Labute approximate surface area is 59.3 Å². The molecular weight excluding hydrogens is 150 g/mol. The van der Waals surface area contributed by atoms with Crippen molar-refractivity contribution in [1.29, 1.82) is 0 Å². The number of hydrogen-bond donors (Lipinski definition) is 2. The minimum absolute atomic E-state index is 0.120. The maximum Gasteiger partial charge on any atom is 0.257 e. The van der Waals surface area contributed by atoms with E-state index < -0.39 is 5.56 Å². The van der Waals surface area contributed by atoms with Crippen LogP contribution < -0.4 is 5.56 Å². The average Bonchev–Trinajstić information content (AvgIpc) is 2.34. The molecule has 2 aromatic heterocycles. The molecule has 0 saturated carbocycles.